The molecule has 0 saturated carbocycles. The average Bonchev–Trinajstić information content (AvgIpc) is 0.843. The number of carbonyl (C=O) groups excluding carboxylic acids is 20. The number of phenolic OH excluding ortho intramolecular Hbond substituents is 1. The van der Waals surface area contributed by atoms with Crippen LogP contribution in [0.25, 0.3) is 0 Å². The van der Waals surface area contributed by atoms with E-state index in [2.05, 4.69) is 95.7 Å². The van der Waals surface area contributed by atoms with E-state index in [0.717, 1.165) is 6.92 Å². The number of rotatable bonds is 72. The zero-order valence-electron chi connectivity index (χ0n) is 87.1. The van der Waals surface area contributed by atoms with Crippen molar-refractivity contribution in [1.82, 2.24) is 95.7 Å². The molecule has 0 unspecified atom stereocenters. The first-order valence-electron chi connectivity index (χ1n) is 49.1. The summed E-state index contributed by atoms with van der Waals surface area (Å²) in [5.74, 6) is -27.3. The van der Waals surface area contributed by atoms with Crippen LogP contribution in [0.15, 0.2) is 24.3 Å². The molecule has 0 heterocycles. The molecule has 0 bridgehead atoms. The summed E-state index contributed by atoms with van der Waals surface area (Å²) in [5.41, 5.74) is 28.1. The van der Waals surface area contributed by atoms with Gasteiger partial charge in [0.2, 0.25) is 118 Å². The fourth-order valence-electron chi connectivity index (χ4n) is 14.5. The van der Waals surface area contributed by atoms with Crippen LogP contribution >= 0.6 is 23.5 Å². The number of aromatic hydroxyl groups is 1. The summed E-state index contributed by atoms with van der Waals surface area (Å²) in [5, 5.41) is 104. The normalized spacial score (nSPS) is 15.8. The van der Waals surface area contributed by atoms with Gasteiger partial charge in [-0.25, -0.2) is 4.79 Å². The molecule has 20 amide bonds. The van der Waals surface area contributed by atoms with Crippen LogP contribution in [0.4, 0.5) is 0 Å². The van der Waals surface area contributed by atoms with E-state index >= 15 is 0 Å². The monoisotopic (exact) mass is 2120 g/mol. The second-order valence-corrected chi connectivity index (χ2v) is 40.2. The number of hydrogen-bond donors (Lipinski definition) is 29. The molecule has 0 spiro atoms. The number of aliphatic carboxylic acids is 2. The van der Waals surface area contributed by atoms with E-state index in [9.17, 15) is 131 Å². The van der Waals surface area contributed by atoms with E-state index in [1.807, 2.05) is 13.8 Å². The number of nitrogens with one attached hydrogen (secondary N) is 19. The fraction of sp³-hybridized carbons (Fsp3) is 0.691. The van der Waals surface area contributed by atoms with Crippen LogP contribution in [0.2, 0.25) is 0 Å². The lowest BCUT2D eigenvalue weighted by molar-refractivity contribution is -0.143. The van der Waals surface area contributed by atoms with E-state index in [1.165, 1.54) is 61.6 Å². The first-order chi connectivity index (χ1) is 68.7. The van der Waals surface area contributed by atoms with Crippen LogP contribution < -0.4 is 124 Å². The third-order valence-corrected chi connectivity index (χ3v) is 25.1. The molecule has 1 aromatic carbocycles. The van der Waals surface area contributed by atoms with E-state index in [1.54, 1.807) is 88.7 Å². The molecule has 0 aliphatic carbocycles. The number of carbonyl (C=O) groups is 22. The number of carboxylic acid groups (broad SMARTS) is 2. The summed E-state index contributed by atoms with van der Waals surface area (Å²) in [6.07, 6.45) is -3.07. The molecule has 51 nitrogen and oxygen atoms in total. The summed E-state index contributed by atoms with van der Waals surface area (Å²) in [6.45, 7) is 24.9. The molecule has 1 rings (SSSR count). The highest BCUT2D eigenvalue weighted by Crippen LogP contribution is 2.21. The maximum atomic E-state index is 14.7. The van der Waals surface area contributed by atoms with Gasteiger partial charge in [0.15, 0.2) is 5.96 Å². The second kappa shape index (κ2) is 67.9. The zero-order chi connectivity index (χ0) is 112. The van der Waals surface area contributed by atoms with Gasteiger partial charge in [-0.05, 0) is 155 Å². The van der Waals surface area contributed by atoms with Crippen LogP contribution in [0, 0.1) is 46.8 Å². The van der Waals surface area contributed by atoms with Crippen LogP contribution in [-0.2, 0) is 112 Å². The van der Waals surface area contributed by atoms with Gasteiger partial charge in [-0.3, -0.25) is 106 Å². The van der Waals surface area contributed by atoms with Crippen molar-refractivity contribution in [2.24, 2.45) is 70.1 Å². The molecule has 34 N–H and O–H groups in total. The van der Waals surface area contributed by atoms with Gasteiger partial charge in [-0.15, -0.1) is 0 Å². The Bertz CT molecular complexity index is 4590. The summed E-state index contributed by atoms with van der Waals surface area (Å²) in [4.78, 5) is 304. The Morgan fingerprint density at radius 2 is 0.660 bits per heavy atom. The molecule has 0 aliphatic rings. The quantitative estimate of drug-likeness (QED) is 0.0164. The van der Waals surface area contributed by atoms with Gasteiger partial charge in [0.1, 0.15) is 108 Å². The molecular weight excluding hydrogens is 1960 g/mol. The van der Waals surface area contributed by atoms with E-state index in [-0.39, 0.29) is 111 Å². The molecular formula is C94H160N24O27S2. The van der Waals surface area contributed by atoms with Gasteiger partial charge in [-0.2, -0.15) is 23.5 Å². The van der Waals surface area contributed by atoms with E-state index < -0.39 is 320 Å². The lowest BCUT2D eigenvalue weighted by Gasteiger charge is -2.30. The standard InChI is InChI=1S/C94H160N24O27S2/c1-19-48(12)72(116-84(135)61(38-45(6)7)109-81(132)60(37-44(4)5)108-83(134)64(41-69(97)124)113-91(142)74(50(14)21-3)117-85(136)62(39-46(8)9)111-88(139)71(98)47(10)11)89(140)102-51(15)76(127)103-57(32-35-146-17)78(129)106-58(33-36-147-18)79(130)114-66(43-119)87(138)110-65(42-70(125)126)86(137)118-75(52(16)120)92(143)112-63(40-53-24-26-54(121)27-25-53)82(133)105-56(28-30-67(95)122)77(128)104-55(23-22-34-101-94(99)100)80(131)115-73(49(13)20-2)90(141)107-59(93(144)145)29-31-68(96)123/h24-27,44-52,55-66,71-75,119-121H,19-23,28-43,98H2,1-18H3,(H2,95,122)(H2,96,123)(H2,97,124)(H,102,140)(H,103,127)(H,104,128)(H,105,133)(H,106,129)(H,107,141)(H,108,134)(H,109,132)(H,110,138)(H,111,139)(H,112,143)(H,113,142)(H,114,130)(H,115,131)(H,116,135)(H,117,136)(H,118,137)(H,125,126)(H,144,145)(H4,99,100,101)/t48-,49-,50-,51-,52+,55-,56-,57-,58-,59-,60-,61-,62-,63-,64-,65-,66-,71-,72-,73-,74-,75-/m0/s1. The van der Waals surface area contributed by atoms with Crippen molar-refractivity contribution in [3.63, 3.8) is 0 Å². The minimum Gasteiger partial charge on any atom is -0.508 e. The van der Waals surface area contributed by atoms with Crippen molar-refractivity contribution in [3.05, 3.63) is 29.8 Å². The highest BCUT2D eigenvalue weighted by molar-refractivity contribution is 7.98. The number of benzene rings is 1. The van der Waals surface area contributed by atoms with Crippen molar-refractivity contribution in [2.45, 2.75) is 335 Å². The molecule has 147 heavy (non-hydrogen) atoms. The second-order valence-electron chi connectivity index (χ2n) is 38.2. The molecule has 0 aliphatic heterocycles. The van der Waals surface area contributed by atoms with Gasteiger partial charge < -0.3 is 150 Å². The number of phenols is 1. The SMILES string of the molecule is CC[C@H](C)[C@H](NC(=O)[C@H](CC(C)C)NC(=O)[C@H](CC(C)C)NC(=O)[C@H](CC(N)=O)NC(=O)[C@@H](NC(=O)[C@H](CC(C)C)NC(=O)[C@@H](N)C(C)C)[C@@H](C)CC)C(=O)N[C@@H](C)C(=O)N[C@@H](CCSC)C(=O)N[C@@H](CCSC)C(=O)N[C@@H](CO)C(=O)N[C@@H](CC(=O)O)C(=O)N[C@H](C(=O)N[C@@H](Cc1ccc(O)cc1)C(=O)N[C@@H](CCC(N)=O)C(=O)N[C@@H](CCCNC(=N)N)C(=O)N[C@H](C(=O)N[C@@H](CCC(N)=O)C(=O)O)[C@@H](C)CC)[C@@H](C)O. The Labute approximate surface area is 865 Å². The predicted octanol–water partition coefficient (Wildman–Crippen LogP) is -5.44. The molecule has 1 aromatic rings. The average molecular weight is 2120 g/mol. The first kappa shape index (κ1) is 132. The maximum absolute atomic E-state index is 14.7. The van der Waals surface area contributed by atoms with Crippen LogP contribution in [0.1, 0.15) is 219 Å². The van der Waals surface area contributed by atoms with Crippen molar-refractivity contribution < 1.29 is 131 Å². The number of thioether (sulfide) groups is 2. The number of aliphatic hydroxyl groups excluding tert-OH is 2. The van der Waals surface area contributed by atoms with Crippen LogP contribution in [0.3, 0.4) is 0 Å². The minimum absolute atomic E-state index is 0.0262. The predicted molar refractivity (Wildman–Crippen MR) is 544 cm³/mol. The number of aliphatic hydroxyl groups is 2. The smallest absolute Gasteiger partial charge is 0.326 e. The molecule has 53 heteroatoms. The van der Waals surface area contributed by atoms with Crippen LogP contribution in [0.5, 0.6) is 5.75 Å². The highest BCUT2D eigenvalue weighted by atomic mass is 32.2. The molecule has 0 saturated heterocycles. The van der Waals surface area contributed by atoms with Gasteiger partial charge in [0, 0.05) is 25.8 Å². The third kappa shape index (κ3) is 50.0. The molecule has 0 aromatic heterocycles. The van der Waals surface area contributed by atoms with Gasteiger partial charge in [-0.1, -0.05) is 128 Å². The number of primary amides is 3. The number of amides is 20. The minimum atomic E-state index is -2.23. The fourth-order valence-corrected chi connectivity index (χ4v) is 15.5. The Balaban J connectivity index is 3.71. The summed E-state index contributed by atoms with van der Waals surface area (Å²) in [6, 6.07) is -23.8. The molecule has 22 atom stereocenters. The van der Waals surface area contributed by atoms with E-state index in [4.69, 9.17) is 34.1 Å². The van der Waals surface area contributed by atoms with Crippen molar-refractivity contribution >= 4 is 160 Å². The summed E-state index contributed by atoms with van der Waals surface area (Å²) >= 11 is 2.46. The van der Waals surface area contributed by atoms with Crippen molar-refractivity contribution in [3.8, 4) is 5.75 Å². The number of hydrogen-bond acceptors (Lipinski definition) is 29. The number of carboxylic acids is 2. The summed E-state index contributed by atoms with van der Waals surface area (Å²) in [7, 11) is 0. The Kier molecular flexibility index (Phi) is 61.1. The summed E-state index contributed by atoms with van der Waals surface area (Å²) < 4.78 is 0. The molecule has 0 radical (unpaired) electrons. The highest BCUT2D eigenvalue weighted by Gasteiger charge is 2.43. The van der Waals surface area contributed by atoms with Crippen molar-refractivity contribution in [2.75, 3.05) is 37.2 Å². The van der Waals surface area contributed by atoms with Crippen LogP contribution in [-0.4, -0.2) is 314 Å². The van der Waals surface area contributed by atoms with E-state index in [0.29, 0.717) is 6.42 Å². The van der Waals surface area contributed by atoms with Gasteiger partial charge in [0.05, 0.1) is 31.6 Å². The number of nitrogens with two attached hydrogens (primary N) is 5. The molecule has 0 fully saturated rings. The largest absolute Gasteiger partial charge is 0.508 e. The Morgan fingerprint density at radius 3 is 1.04 bits per heavy atom. The lowest BCUT2D eigenvalue weighted by Crippen LogP contribution is -2.63. The lowest BCUT2D eigenvalue weighted by atomic mass is 9.95. The van der Waals surface area contributed by atoms with Gasteiger partial charge in [0.25, 0.3) is 0 Å². The zero-order valence-corrected chi connectivity index (χ0v) is 88.7. The maximum Gasteiger partial charge on any atom is 0.326 e. The Morgan fingerprint density at radius 1 is 0.354 bits per heavy atom. The Hall–Kier alpha value is -12.8. The van der Waals surface area contributed by atoms with Gasteiger partial charge >= 0.3 is 11.9 Å². The number of guanidine groups is 1. The molecule has 830 valence electrons. The van der Waals surface area contributed by atoms with Crippen molar-refractivity contribution in [1.29, 1.82) is 5.41 Å². The topological polar surface area (TPSA) is 847 Å². The third-order valence-electron chi connectivity index (χ3n) is 23.8. The first-order valence-corrected chi connectivity index (χ1v) is 51.8.